The quantitative estimate of drug-likeness (QED) is 0.634. The van der Waals surface area contributed by atoms with Crippen LogP contribution in [-0.2, 0) is 0 Å². The fourth-order valence-corrected chi connectivity index (χ4v) is 1.44. The van der Waals surface area contributed by atoms with Gasteiger partial charge < -0.3 is 10.4 Å². The number of amides is 1. The number of carboxylic acids is 1. The van der Waals surface area contributed by atoms with E-state index >= 15 is 0 Å². The number of benzene rings is 1. The highest BCUT2D eigenvalue weighted by Gasteiger charge is 2.22. The molecule has 0 saturated carbocycles. The Labute approximate surface area is 115 Å². The van der Waals surface area contributed by atoms with Crippen molar-refractivity contribution < 1.29 is 19.6 Å². The second-order valence-electron chi connectivity index (χ2n) is 5.02. The molecule has 1 aromatic rings. The van der Waals surface area contributed by atoms with Gasteiger partial charge in [0.25, 0.3) is 11.6 Å². The minimum atomic E-state index is -1.32. The lowest BCUT2D eigenvalue weighted by Gasteiger charge is -2.24. The zero-order valence-electron chi connectivity index (χ0n) is 11.5. The Morgan fingerprint density at radius 2 is 1.85 bits per heavy atom. The van der Waals surface area contributed by atoms with Gasteiger partial charge in [-0.3, -0.25) is 14.9 Å². The highest BCUT2D eigenvalue weighted by molar-refractivity contribution is 5.98. The van der Waals surface area contributed by atoms with Crippen LogP contribution >= 0.6 is 0 Å². The smallest absolute Gasteiger partial charge is 0.335 e. The molecular weight excluding hydrogens is 264 g/mol. The lowest BCUT2D eigenvalue weighted by molar-refractivity contribution is -0.384. The van der Waals surface area contributed by atoms with Crippen molar-refractivity contribution in [1.29, 1.82) is 0 Å². The molecule has 0 heterocycles. The molecule has 1 aromatic carbocycles. The van der Waals surface area contributed by atoms with Gasteiger partial charge in [-0.1, -0.05) is 6.92 Å². The van der Waals surface area contributed by atoms with Gasteiger partial charge in [0.2, 0.25) is 0 Å². The second-order valence-corrected chi connectivity index (χ2v) is 5.02. The third kappa shape index (κ3) is 3.78. The number of nitro benzene ring substituents is 1. The van der Waals surface area contributed by atoms with Gasteiger partial charge in [-0.2, -0.15) is 0 Å². The molecule has 0 spiro atoms. The summed E-state index contributed by atoms with van der Waals surface area (Å²) < 4.78 is 0. The van der Waals surface area contributed by atoms with Crippen molar-refractivity contribution in [3.05, 3.63) is 39.4 Å². The van der Waals surface area contributed by atoms with Crippen LogP contribution in [0.5, 0.6) is 0 Å². The molecule has 0 bridgehead atoms. The van der Waals surface area contributed by atoms with E-state index in [2.05, 4.69) is 5.32 Å². The number of hydrogen-bond acceptors (Lipinski definition) is 4. The predicted molar refractivity (Wildman–Crippen MR) is 71.9 cm³/mol. The van der Waals surface area contributed by atoms with E-state index in [1.54, 1.807) is 13.8 Å². The largest absolute Gasteiger partial charge is 0.478 e. The molecule has 7 heteroatoms. The number of non-ortho nitro benzene ring substituents is 1. The van der Waals surface area contributed by atoms with Crippen molar-refractivity contribution in [1.82, 2.24) is 5.32 Å². The fourth-order valence-electron chi connectivity index (χ4n) is 1.44. The van der Waals surface area contributed by atoms with Gasteiger partial charge in [-0.25, -0.2) is 4.79 Å². The van der Waals surface area contributed by atoms with Crippen molar-refractivity contribution in [2.75, 3.05) is 0 Å². The summed E-state index contributed by atoms with van der Waals surface area (Å²) in [4.78, 5) is 33.0. The van der Waals surface area contributed by atoms with Gasteiger partial charge in [-0.15, -0.1) is 0 Å². The Kier molecular flexibility index (Phi) is 4.44. The zero-order chi connectivity index (χ0) is 15.5. The van der Waals surface area contributed by atoms with Crippen LogP contribution in [0.2, 0.25) is 0 Å². The molecule has 0 aliphatic rings. The summed E-state index contributed by atoms with van der Waals surface area (Å²) in [7, 11) is 0. The molecular formula is C13H16N2O5. The summed E-state index contributed by atoms with van der Waals surface area (Å²) in [5.41, 5.74) is -1.24. The Bertz CT molecular complexity index is 534. The maximum absolute atomic E-state index is 12.0. The highest BCUT2D eigenvalue weighted by Crippen LogP contribution is 2.18. The number of nitrogens with one attached hydrogen (secondary N) is 1. The van der Waals surface area contributed by atoms with E-state index in [4.69, 9.17) is 5.11 Å². The van der Waals surface area contributed by atoms with Crippen LogP contribution in [0.15, 0.2) is 18.2 Å². The Balaban J connectivity index is 3.20. The number of nitrogens with zero attached hydrogens (tertiary/aromatic N) is 1. The van der Waals surface area contributed by atoms with Crippen molar-refractivity contribution in [2.45, 2.75) is 32.7 Å². The molecule has 108 valence electrons. The lowest BCUT2D eigenvalue weighted by Crippen LogP contribution is -2.42. The second kappa shape index (κ2) is 5.68. The van der Waals surface area contributed by atoms with Gasteiger partial charge in [-0.05, 0) is 26.3 Å². The Morgan fingerprint density at radius 1 is 1.30 bits per heavy atom. The minimum absolute atomic E-state index is 0.0434. The number of carbonyl (C=O) groups is 2. The normalized spacial score (nSPS) is 10.9. The molecule has 2 N–H and O–H groups in total. The molecule has 1 rings (SSSR count). The standard InChI is InChI=1S/C13H16N2O5/c1-4-13(2,3)14-11(16)8-5-9(12(17)18)7-10(6-8)15(19)20/h5-7H,4H2,1-3H3,(H,14,16)(H,17,18). The number of carbonyl (C=O) groups excluding carboxylic acids is 1. The number of hydrogen-bond donors (Lipinski definition) is 2. The first kappa shape index (κ1) is 15.6. The molecule has 0 atom stereocenters. The van der Waals surface area contributed by atoms with Crippen LogP contribution < -0.4 is 5.32 Å². The predicted octanol–water partition coefficient (Wildman–Crippen LogP) is 2.21. The van der Waals surface area contributed by atoms with Crippen molar-refractivity contribution in [3.8, 4) is 0 Å². The molecule has 0 saturated heterocycles. The summed E-state index contributed by atoms with van der Waals surface area (Å²) in [5, 5.41) is 22.4. The maximum atomic E-state index is 12.0. The van der Waals surface area contributed by atoms with Crippen LogP contribution in [0.4, 0.5) is 5.69 Å². The molecule has 7 nitrogen and oxygen atoms in total. The van der Waals surface area contributed by atoms with E-state index < -0.39 is 28.0 Å². The number of aromatic carboxylic acids is 1. The van der Waals surface area contributed by atoms with E-state index in [0.717, 1.165) is 18.2 Å². The summed E-state index contributed by atoms with van der Waals surface area (Å²) in [5.74, 6) is -1.86. The van der Waals surface area contributed by atoms with E-state index in [0.29, 0.717) is 6.42 Å². The molecule has 1 amide bonds. The van der Waals surface area contributed by atoms with E-state index in [-0.39, 0.29) is 11.1 Å². The maximum Gasteiger partial charge on any atom is 0.335 e. The SMILES string of the molecule is CCC(C)(C)NC(=O)c1cc(C(=O)O)cc([N+](=O)[O-])c1. The van der Waals surface area contributed by atoms with Crippen LogP contribution in [0, 0.1) is 10.1 Å². The van der Waals surface area contributed by atoms with Crippen molar-refractivity contribution in [2.24, 2.45) is 0 Å². The highest BCUT2D eigenvalue weighted by atomic mass is 16.6. The monoisotopic (exact) mass is 280 g/mol. The van der Waals surface area contributed by atoms with Crippen LogP contribution in [0.25, 0.3) is 0 Å². The summed E-state index contributed by atoms with van der Waals surface area (Å²) in [6, 6.07) is 3.11. The average Bonchev–Trinajstić information content (AvgIpc) is 2.37. The third-order valence-corrected chi connectivity index (χ3v) is 2.97. The molecule has 20 heavy (non-hydrogen) atoms. The van der Waals surface area contributed by atoms with Gasteiger partial charge in [0.15, 0.2) is 0 Å². The first-order valence-electron chi connectivity index (χ1n) is 6.01. The van der Waals surface area contributed by atoms with Crippen LogP contribution in [0.3, 0.4) is 0 Å². The fraction of sp³-hybridized carbons (Fsp3) is 0.385. The summed E-state index contributed by atoms with van der Waals surface area (Å²) >= 11 is 0. The van der Waals surface area contributed by atoms with Gasteiger partial charge >= 0.3 is 5.97 Å². The number of rotatable bonds is 5. The van der Waals surface area contributed by atoms with Crippen LogP contribution in [-0.4, -0.2) is 27.4 Å². The van der Waals surface area contributed by atoms with Crippen molar-refractivity contribution >= 4 is 17.6 Å². The van der Waals surface area contributed by atoms with E-state index in [1.165, 1.54) is 0 Å². The molecule has 0 aromatic heterocycles. The molecule has 0 aliphatic carbocycles. The molecule has 0 fully saturated rings. The third-order valence-electron chi connectivity index (χ3n) is 2.97. The van der Waals surface area contributed by atoms with E-state index in [9.17, 15) is 19.7 Å². The Hall–Kier alpha value is -2.44. The van der Waals surface area contributed by atoms with Gasteiger partial charge in [0.1, 0.15) is 0 Å². The van der Waals surface area contributed by atoms with E-state index in [1.807, 2.05) is 6.92 Å². The number of nitro groups is 1. The first-order chi connectivity index (χ1) is 9.16. The molecule has 0 aliphatic heterocycles. The molecule has 0 radical (unpaired) electrons. The first-order valence-corrected chi connectivity index (χ1v) is 6.01. The average molecular weight is 280 g/mol. The number of carboxylic acid groups (broad SMARTS) is 1. The topological polar surface area (TPSA) is 110 Å². The van der Waals surface area contributed by atoms with Crippen molar-refractivity contribution in [3.63, 3.8) is 0 Å². The zero-order valence-corrected chi connectivity index (χ0v) is 11.5. The van der Waals surface area contributed by atoms with Gasteiger partial charge in [0, 0.05) is 23.2 Å². The minimum Gasteiger partial charge on any atom is -0.478 e. The lowest BCUT2D eigenvalue weighted by atomic mass is 10.0. The summed E-state index contributed by atoms with van der Waals surface area (Å²) in [6.45, 7) is 5.50. The van der Waals surface area contributed by atoms with Gasteiger partial charge in [0.05, 0.1) is 10.5 Å². The Morgan fingerprint density at radius 3 is 2.30 bits per heavy atom. The van der Waals surface area contributed by atoms with Crippen LogP contribution in [0.1, 0.15) is 47.9 Å². The summed E-state index contributed by atoms with van der Waals surface area (Å²) in [6.07, 6.45) is 0.666. The molecule has 0 unspecified atom stereocenters.